The van der Waals surface area contributed by atoms with Crippen molar-refractivity contribution in [1.82, 2.24) is 4.98 Å². The molecule has 21 heavy (non-hydrogen) atoms. The first kappa shape index (κ1) is 15.4. The van der Waals surface area contributed by atoms with E-state index in [1.807, 2.05) is 20.0 Å². The van der Waals surface area contributed by atoms with Gasteiger partial charge in [0.15, 0.2) is 0 Å². The SMILES string of the molecule is CCN(CC)c1ccc(NC(C)c2cc(C)oc2C)cn1. The van der Waals surface area contributed by atoms with Crippen LogP contribution in [0, 0.1) is 13.8 Å². The summed E-state index contributed by atoms with van der Waals surface area (Å²) in [5.74, 6) is 2.94. The molecule has 0 fully saturated rings. The van der Waals surface area contributed by atoms with E-state index in [0.717, 1.165) is 36.1 Å². The molecule has 114 valence electrons. The van der Waals surface area contributed by atoms with Gasteiger partial charge in [0.05, 0.1) is 17.9 Å². The van der Waals surface area contributed by atoms with Gasteiger partial charge in [0, 0.05) is 18.7 Å². The van der Waals surface area contributed by atoms with E-state index in [4.69, 9.17) is 4.42 Å². The van der Waals surface area contributed by atoms with Gasteiger partial charge in [-0.05, 0) is 52.8 Å². The summed E-state index contributed by atoms with van der Waals surface area (Å²) in [4.78, 5) is 6.77. The molecule has 0 aliphatic rings. The molecule has 1 unspecified atom stereocenters. The molecular weight excluding hydrogens is 262 g/mol. The van der Waals surface area contributed by atoms with Crippen molar-refractivity contribution in [3.05, 3.63) is 41.5 Å². The summed E-state index contributed by atoms with van der Waals surface area (Å²) < 4.78 is 5.59. The molecule has 2 rings (SSSR count). The average Bonchev–Trinajstić information content (AvgIpc) is 2.81. The number of furan rings is 1. The summed E-state index contributed by atoms with van der Waals surface area (Å²) in [5, 5.41) is 3.47. The standard InChI is InChI=1S/C17H25N3O/c1-6-20(7-2)17-9-8-15(11-18-17)19-13(4)16-10-12(3)21-14(16)5/h8-11,13,19H,6-7H2,1-5H3. The molecule has 0 aromatic carbocycles. The van der Waals surface area contributed by atoms with Crippen LogP contribution in [0.3, 0.4) is 0 Å². The Bertz CT molecular complexity index is 570. The number of nitrogens with one attached hydrogen (secondary N) is 1. The molecule has 1 N–H and O–H groups in total. The molecule has 4 nitrogen and oxygen atoms in total. The van der Waals surface area contributed by atoms with Crippen LogP contribution in [0.25, 0.3) is 0 Å². The second-order valence-corrected chi connectivity index (χ2v) is 5.31. The van der Waals surface area contributed by atoms with Crippen LogP contribution in [0.4, 0.5) is 11.5 Å². The lowest BCUT2D eigenvalue weighted by molar-refractivity contribution is 0.500. The molecule has 0 saturated carbocycles. The Balaban J connectivity index is 2.08. The monoisotopic (exact) mass is 287 g/mol. The quantitative estimate of drug-likeness (QED) is 0.859. The van der Waals surface area contributed by atoms with Gasteiger partial charge in [0.25, 0.3) is 0 Å². The number of aromatic nitrogens is 1. The molecule has 2 aromatic rings. The van der Waals surface area contributed by atoms with Crippen molar-refractivity contribution in [2.24, 2.45) is 0 Å². The summed E-state index contributed by atoms with van der Waals surface area (Å²) in [6.45, 7) is 12.3. The van der Waals surface area contributed by atoms with Gasteiger partial charge in [0.1, 0.15) is 17.3 Å². The van der Waals surface area contributed by atoms with Crippen molar-refractivity contribution in [3.63, 3.8) is 0 Å². The first-order valence-corrected chi connectivity index (χ1v) is 7.59. The minimum atomic E-state index is 0.198. The van der Waals surface area contributed by atoms with Crippen LogP contribution in [-0.4, -0.2) is 18.1 Å². The van der Waals surface area contributed by atoms with Crippen molar-refractivity contribution in [2.75, 3.05) is 23.3 Å². The van der Waals surface area contributed by atoms with E-state index < -0.39 is 0 Å². The number of hydrogen-bond donors (Lipinski definition) is 1. The maximum atomic E-state index is 5.59. The number of nitrogens with zero attached hydrogens (tertiary/aromatic N) is 2. The lowest BCUT2D eigenvalue weighted by Crippen LogP contribution is -2.22. The number of pyridine rings is 1. The molecule has 4 heteroatoms. The van der Waals surface area contributed by atoms with Crippen LogP contribution in [0.1, 0.15) is 43.9 Å². The minimum absolute atomic E-state index is 0.198. The van der Waals surface area contributed by atoms with Gasteiger partial charge in [-0.25, -0.2) is 4.98 Å². The van der Waals surface area contributed by atoms with Crippen LogP contribution < -0.4 is 10.2 Å². The van der Waals surface area contributed by atoms with Gasteiger partial charge >= 0.3 is 0 Å². The zero-order valence-electron chi connectivity index (χ0n) is 13.6. The molecule has 0 amide bonds. The van der Waals surface area contributed by atoms with Crippen molar-refractivity contribution in [2.45, 2.75) is 40.7 Å². The topological polar surface area (TPSA) is 41.3 Å². The van der Waals surface area contributed by atoms with Crippen LogP contribution in [0.5, 0.6) is 0 Å². The van der Waals surface area contributed by atoms with Crippen LogP contribution in [0.2, 0.25) is 0 Å². The van der Waals surface area contributed by atoms with E-state index >= 15 is 0 Å². The number of rotatable bonds is 6. The number of hydrogen-bond acceptors (Lipinski definition) is 4. The van der Waals surface area contributed by atoms with Crippen LogP contribution >= 0.6 is 0 Å². The highest BCUT2D eigenvalue weighted by molar-refractivity contribution is 5.50. The van der Waals surface area contributed by atoms with Crippen LogP contribution in [-0.2, 0) is 0 Å². The molecule has 0 bridgehead atoms. The lowest BCUT2D eigenvalue weighted by Gasteiger charge is -2.20. The Morgan fingerprint density at radius 2 is 1.95 bits per heavy atom. The van der Waals surface area contributed by atoms with Crippen molar-refractivity contribution in [1.29, 1.82) is 0 Å². The zero-order valence-corrected chi connectivity index (χ0v) is 13.6. The van der Waals surface area contributed by atoms with E-state index in [9.17, 15) is 0 Å². The van der Waals surface area contributed by atoms with Gasteiger partial charge in [0.2, 0.25) is 0 Å². The third-order valence-electron chi connectivity index (χ3n) is 3.76. The fraction of sp³-hybridized carbons (Fsp3) is 0.471. The van der Waals surface area contributed by atoms with E-state index in [1.165, 1.54) is 5.56 Å². The third kappa shape index (κ3) is 3.57. The molecule has 0 aliphatic carbocycles. The maximum absolute atomic E-state index is 5.59. The van der Waals surface area contributed by atoms with Gasteiger partial charge < -0.3 is 14.6 Å². The van der Waals surface area contributed by atoms with E-state index in [-0.39, 0.29) is 6.04 Å². The Hall–Kier alpha value is -1.97. The van der Waals surface area contributed by atoms with Crippen molar-refractivity contribution >= 4 is 11.5 Å². The zero-order chi connectivity index (χ0) is 15.4. The molecule has 2 heterocycles. The number of aryl methyl sites for hydroxylation is 2. The minimum Gasteiger partial charge on any atom is -0.466 e. The third-order valence-corrected chi connectivity index (χ3v) is 3.76. The highest BCUT2D eigenvalue weighted by atomic mass is 16.3. The van der Waals surface area contributed by atoms with Gasteiger partial charge in [-0.15, -0.1) is 0 Å². The summed E-state index contributed by atoms with van der Waals surface area (Å²) in [6.07, 6.45) is 1.90. The van der Waals surface area contributed by atoms with Gasteiger partial charge in [-0.1, -0.05) is 0 Å². The summed E-state index contributed by atoms with van der Waals surface area (Å²) >= 11 is 0. The Kier molecular flexibility index (Phi) is 4.89. The first-order chi connectivity index (χ1) is 10.0. The van der Waals surface area contributed by atoms with Crippen molar-refractivity contribution < 1.29 is 4.42 Å². The largest absolute Gasteiger partial charge is 0.466 e. The fourth-order valence-corrected chi connectivity index (χ4v) is 2.61. The summed E-state index contributed by atoms with van der Waals surface area (Å²) in [6, 6.07) is 6.43. The first-order valence-electron chi connectivity index (χ1n) is 7.59. The Labute approximate surface area is 127 Å². The smallest absolute Gasteiger partial charge is 0.128 e. The molecular formula is C17H25N3O. The highest BCUT2D eigenvalue weighted by Gasteiger charge is 2.13. The molecule has 0 saturated heterocycles. The van der Waals surface area contributed by atoms with E-state index in [2.05, 4.69) is 54.2 Å². The maximum Gasteiger partial charge on any atom is 0.128 e. The van der Waals surface area contributed by atoms with Crippen molar-refractivity contribution in [3.8, 4) is 0 Å². The normalized spacial score (nSPS) is 12.2. The van der Waals surface area contributed by atoms with Crippen LogP contribution in [0.15, 0.2) is 28.8 Å². The second-order valence-electron chi connectivity index (χ2n) is 5.31. The molecule has 0 aliphatic heterocycles. The Morgan fingerprint density at radius 1 is 1.24 bits per heavy atom. The summed E-state index contributed by atoms with van der Waals surface area (Å²) in [7, 11) is 0. The predicted molar refractivity (Wildman–Crippen MR) is 88.0 cm³/mol. The van der Waals surface area contributed by atoms with Gasteiger partial charge in [-0.2, -0.15) is 0 Å². The molecule has 2 aromatic heterocycles. The second kappa shape index (κ2) is 6.66. The highest BCUT2D eigenvalue weighted by Crippen LogP contribution is 2.25. The number of anilines is 2. The summed E-state index contributed by atoms with van der Waals surface area (Å²) in [5.41, 5.74) is 2.22. The molecule has 0 spiro atoms. The van der Waals surface area contributed by atoms with E-state index in [1.54, 1.807) is 0 Å². The molecule has 1 atom stereocenters. The molecule has 0 radical (unpaired) electrons. The lowest BCUT2D eigenvalue weighted by atomic mass is 10.1. The fourth-order valence-electron chi connectivity index (χ4n) is 2.61. The average molecular weight is 287 g/mol. The predicted octanol–water partition coefficient (Wildman–Crippen LogP) is 4.31. The van der Waals surface area contributed by atoms with E-state index in [0.29, 0.717) is 0 Å². The Morgan fingerprint density at radius 3 is 2.43 bits per heavy atom. The van der Waals surface area contributed by atoms with Gasteiger partial charge in [-0.3, -0.25) is 0 Å².